The van der Waals surface area contributed by atoms with Crippen LogP contribution < -0.4 is 5.32 Å². The molecule has 1 N–H and O–H groups in total. The third-order valence-corrected chi connectivity index (χ3v) is 4.54. The van der Waals surface area contributed by atoms with E-state index in [2.05, 4.69) is 33.0 Å². The van der Waals surface area contributed by atoms with E-state index >= 15 is 0 Å². The van der Waals surface area contributed by atoms with Crippen molar-refractivity contribution in [3.8, 4) is 0 Å². The van der Waals surface area contributed by atoms with Gasteiger partial charge in [-0.15, -0.1) is 0 Å². The number of carbonyl (C=O) groups is 1. The molecule has 0 spiro atoms. The second-order valence-corrected chi connectivity index (χ2v) is 5.95. The molecule has 2 fully saturated rings. The topological polar surface area (TPSA) is 32.3 Å². The molecule has 2 amide bonds. The smallest absolute Gasteiger partial charge is 0.317 e. The highest BCUT2D eigenvalue weighted by atomic mass is 16.2. The summed E-state index contributed by atoms with van der Waals surface area (Å²) in [5.74, 6) is 2.89. The van der Waals surface area contributed by atoms with Gasteiger partial charge in [0.1, 0.15) is 0 Å². The van der Waals surface area contributed by atoms with Gasteiger partial charge in [-0.2, -0.15) is 0 Å². The highest BCUT2D eigenvalue weighted by Crippen LogP contribution is 2.42. The lowest BCUT2D eigenvalue weighted by Crippen LogP contribution is -2.43. The number of fused-ring (bicyclic) bond motifs is 1. The molecule has 4 unspecified atom stereocenters. The molecule has 2 aliphatic rings. The normalized spacial score (nSPS) is 39.6. The average molecular weight is 224 g/mol. The van der Waals surface area contributed by atoms with E-state index in [-0.39, 0.29) is 6.03 Å². The van der Waals surface area contributed by atoms with Gasteiger partial charge in [0.05, 0.1) is 0 Å². The largest absolute Gasteiger partial charge is 0.338 e. The first-order chi connectivity index (χ1) is 7.50. The van der Waals surface area contributed by atoms with Gasteiger partial charge < -0.3 is 10.2 Å². The zero-order valence-electron chi connectivity index (χ0n) is 10.9. The van der Waals surface area contributed by atoms with Crippen LogP contribution in [0.1, 0.15) is 34.1 Å². The summed E-state index contributed by atoms with van der Waals surface area (Å²) < 4.78 is 0. The SMILES string of the molecule is CC1CC(C)C2CN(C(C)C)C(=O)NCC12. The Hall–Kier alpha value is -0.730. The summed E-state index contributed by atoms with van der Waals surface area (Å²) in [4.78, 5) is 13.9. The van der Waals surface area contributed by atoms with Gasteiger partial charge in [-0.1, -0.05) is 13.8 Å². The summed E-state index contributed by atoms with van der Waals surface area (Å²) in [6, 6.07) is 0.436. The standard InChI is InChI=1S/C13H24N2O/c1-8(2)15-7-12-10(4)5-9(3)11(12)6-14-13(15)16/h8-12H,5-7H2,1-4H3,(H,14,16). The molecule has 1 saturated carbocycles. The van der Waals surface area contributed by atoms with Crippen molar-refractivity contribution in [3.05, 3.63) is 0 Å². The van der Waals surface area contributed by atoms with E-state index in [1.54, 1.807) is 0 Å². The Morgan fingerprint density at radius 3 is 2.50 bits per heavy atom. The fourth-order valence-corrected chi connectivity index (χ4v) is 3.51. The maximum absolute atomic E-state index is 11.9. The van der Waals surface area contributed by atoms with Crippen LogP contribution in [0.25, 0.3) is 0 Å². The summed E-state index contributed by atoms with van der Waals surface area (Å²) in [6.45, 7) is 10.7. The average Bonchev–Trinajstić information content (AvgIpc) is 2.37. The van der Waals surface area contributed by atoms with Crippen molar-refractivity contribution < 1.29 is 4.79 Å². The molecule has 3 nitrogen and oxygen atoms in total. The Morgan fingerprint density at radius 1 is 1.25 bits per heavy atom. The molecule has 1 aliphatic carbocycles. The first-order valence-corrected chi connectivity index (χ1v) is 6.55. The lowest BCUT2D eigenvalue weighted by Gasteiger charge is -2.29. The number of nitrogens with one attached hydrogen (secondary N) is 1. The van der Waals surface area contributed by atoms with E-state index in [1.165, 1.54) is 6.42 Å². The number of amides is 2. The van der Waals surface area contributed by atoms with Gasteiger partial charge in [-0.3, -0.25) is 0 Å². The summed E-state index contributed by atoms with van der Waals surface area (Å²) in [6.07, 6.45) is 1.32. The minimum absolute atomic E-state index is 0.129. The van der Waals surface area contributed by atoms with Gasteiger partial charge in [0, 0.05) is 19.1 Å². The van der Waals surface area contributed by atoms with Crippen molar-refractivity contribution in [1.82, 2.24) is 10.2 Å². The lowest BCUT2D eigenvalue weighted by molar-refractivity contribution is 0.170. The first-order valence-electron chi connectivity index (χ1n) is 6.55. The van der Waals surface area contributed by atoms with Gasteiger partial charge in [-0.25, -0.2) is 4.79 Å². The zero-order valence-corrected chi connectivity index (χ0v) is 10.9. The Balaban J connectivity index is 2.16. The Kier molecular flexibility index (Phi) is 3.13. The van der Waals surface area contributed by atoms with Crippen molar-refractivity contribution in [2.24, 2.45) is 23.7 Å². The van der Waals surface area contributed by atoms with E-state index < -0.39 is 0 Å². The van der Waals surface area contributed by atoms with Crippen molar-refractivity contribution in [2.75, 3.05) is 13.1 Å². The lowest BCUT2D eigenvalue weighted by atomic mass is 9.88. The third kappa shape index (κ3) is 1.92. The number of hydrogen-bond donors (Lipinski definition) is 1. The van der Waals surface area contributed by atoms with Gasteiger partial charge in [0.25, 0.3) is 0 Å². The Bertz CT molecular complexity index is 277. The van der Waals surface area contributed by atoms with Crippen LogP contribution in [0.2, 0.25) is 0 Å². The van der Waals surface area contributed by atoms with E-state index in [0.717, 1.165) is 24.9 Å². The summed E-state index contributed by atoms with van der Waals surface area (Å²) in [5, 5.41) is 3.09. The number of carbonyl (C=O) groups excluding carboxylic acids is 1. The first kappa shape index (κ1) is 11.7. The van der Waals surface area contributed by atoms with Gasteiger partial charge in [0.2, 0.25) is 0 Å². The highest BCUT2D eigenvalue weighted by molar-refractivity contribution is 5.74. The fraction of sp³-hybridized carbons (Fsp3) is 0.923. The molecule has 1 saturated heterocycles. The molecule has 3 heteroatoms. The fourth-order valence-electron chi connectivity index (χ4n) is 3.51. The van der Waals surface area contributed by atoms with Crippen molar-refractivity contribution in [1.29, 1.82) is 0 Å². The predicted octanol–water partition coefficient (Wildman–Crippen LogP) is 2.33. The van der Waals surface area contributed by atoms with Crippen molar-refractivity contribution in [2.45, 2.75) is 40.2 Å². The van der Waals surface area contributed by atoms with Crippen LogP contribution in [0.5, 0.6) is 0 Å². The van der Waals surface area contributed by atoms with Gasteiger partial charge >= 0.3 is 6.03 Å². The molecule has 0 aromatic rings. The highest BCUT2D eigenvalue weighted by Gasteiger charge is 2.42. The summed E-state index contributed by atoms with van der Waals surface area (Å²) in [7, 11) is 0. The van der Waals surface area contributed by atoms with Crippen LogP contribution in [-0.4, -0.2) is 30.1 Å². The molecule has 92 valence electrons. The zero-order chi connectivity index (χ0) is 11.9. The number of nitrogens with zero attached hydrogens (tertiary/aromatic N) is 1. The Labute approximate surface area is 98.6 Å². The summed E-state index contributed by atoms with van der Waals surface area (Å²) in [5.41, 5.74) is 0. The maximum atomic E-state index is 11.9. The molecular formula is C13H24N2O. The predicted molar refractivity (Wildman–Crippen MR) is 65.2 cm³/mol. The van der Waals surface area contributed by atoms with Crippen LogP contribution in [0.4, 0.5) is 4.79 Å². The van der Waals surface area contributed by atoms with Crippen LogP contribution in [0.15, 0.2) is 0 Å². The van der Waals surface area contributed by atoms with E-state index in [4.69, 9.17) is 0 Å². The van der Waals surface area contributed by atoms with Crippen LogP contribution >= 0.6 is 0 Å². The van der Waals surface area contributed by atoms with Crippen molar-refractivity contribution >= 4 is 6.03 Å². The van der Waals surface area contributed by atoms with Gasteiger partial charge in [-0.05, 0) is 43.9 Å². The molecule has 1 heterocycles. The molecule has 0 aromatic carbocycles. The number of rotatable bonds is 1. The molecule has 2 rings (SSSR count). The Morgan fingerprint density at radius 2 is 1.88 bits per heavy atom. The quantitative estimate of drug-likeness (QED) is 0.728. The molecular weight excluding hydrogens is 200 g/mol. The molecule has 0 aromatic heterocycles. The van der Waals surface area contributed by atoms with E-state index in [9.17, 15) is 4.79 Å². The number of hydrogen-bond acceptors (Lipinski definition) is 1. The van der Waals surface area contributed by atoms with Gasteiger partial charge in [0.15, 0.2) is 0 Å². The monoisotopic (exact) mass is 224 g/mol. The van der Waals surface area contributed by atoms with E-state index in [0.29, 0.717) is 17.9 Å². The second-order valence-electron chi connectivity index (χ2n) is 5.95. The van der Waals surface area contributed by atoms with Crippen molar-refractivity contribution in [3.63, 3.8) is 0 Å². The minimum Gasteiger partial charge on any atom is -0.338 e. The van der Waals surface area contributed by atoms with E-state index in [1.807, 2.05) is 4.90 Å². The molecule has 16 heavy (non-hydrogen) atoms. The molecule has 0 bridgehead atoms. The third-order valence-electron chi connectivity index (χ3n) is 4.54. The maximum Gasteiger partial charge on any atom is 0.317 e. The molecule has 4 atom stereocenters. The molecule has 1 aliphatic heterocycles. The second kappa shape index (κ2) is 4.27. The summed E-state index contributed by atoms with van der Waals surface area (Å²) >= 11 is 0. The van der Waals surface area contributed by atoms with Crippen LogP contribution in [0.3, 0.4) is 0 Å². The molecule has 0 radical (unpaired) electrons. The number of urea groups is 1. The van der Waals surface area contributed by atoms with Crippen LogP contribution in [0, 0.1) is 23.7 Å². The van der Waals surface area contributed by atoms with Crippen LogP contribution in [-0.2, 0) is 0 Å². The minimum atomic E-state index is 0.129.